The van der Waals surface area contributed by atoms with E-state index in [2.05, 4.69) is 20.8 Å². The monoisotopic (exact) mass is 345 g/mol. The molecule has 5 heteroatoms. The van der Waals surface area contributed by atoms with Crippen molar-refractivity contribution in [2.75, 3.05) is 24.2 Å². The zero-order valence-corrected chi connectivity index (χ0v) is 13.7. The normalized spacial score (nSPS) is 22.9. The Bertz CT molecular complexity index is 538. The van der Waals surface area contributed by atoms with E-state index in [9.17, 15) is 8.42 Å². The number of rotatable bonds is 5. The Morgan fingerprint density at radius 3 is 2.53 bits per heavy atom. The number of hydrogen-bond donors (Lipinski definition) is 0. The van der Waals surface area contributed by atoms with Gasteiger partial charge in [-0.05, 0) is 30.9 Å². The summed E-state index contributed by atoms with van der Waals surface area (Å²) in [6, 6.07) is 7.29. The zero-order valence-electron chi connectivity index (χ0n) is 11.3. The molecule has 0 heterocycles. The summed E-state index contributed by atoms with van der Waals surface area (Å²) in [4.78, 5) is 3.17. The van der Waals surface area contributed by atoms with Gasteiger partial charge in [-0.3, -0.25) is 0 Å². The van der Waals surface area contributed by atoms with Crippen molar-refractivity contribution in [1.29, 1.82) is 0 Å². The molecule has 0 bridgehead atoms. The van der Waals surface area contributed by atoms with Gasteiger partial charge in [-0.25, -0.2) is 8.42 Å². The van der Waals surface area contributed by atoms with Gasteiger partial charge in [-0.1, -0.05) is 35.0 Å². The maximum atomic E-state index is 12.1. The van der Waals surface area contributed by atoms with Crippen LogP contribution in [0.2, 0.25) is 0 Å². The summed E-state index contributed by atoms with van der Waals surface area (Å²) in [5, 5.41) is 0. The Labute approximate surface area is 124 Å². The molecule has 2 rings (SSSR count). The molecule has 1 aliphatic carbocycles. The number of sulfone groups is 1. The van der Waals surface area contributed by atoms with E-state index in [-0.39, 0.29) is 5.75 Å². The molecule has 0 N–H and O–H groups in total. The van der Waals surface area contributed by atoms with Gasteiger partial charge in [0.15, 0.2) is 9.84 Å². The zero-order chi connectivity index (χ0) is 14.0. The van der Waals surface area contributed by atoms with Crippen LogP contribution in [-0.2, 0) is 9.84 Å². The fourth-order valence-electron chi connectivity index (χ4n) is 2.48. The van der Waals surface area contributed by atoms with Gasteiger partial charge in [0.25, 0.3) is 0 Å². The number of nitrogens with zero attached hydrogens (tertiary/aromatic N) is 1. The fraction of sp³-hybridized carbons (Fsp3) is 0.571. The largest absolute Gasteiger partial charge is 0.373 e. The van der Waals surface area contributed by atoms with Crippen LogP contribution in [0.25, 0.3) is 0 Å². The van der Waals surface area contributed by atoms with Crippen LogP contribution in [0.3, 0.4) is 0 Å². The highest BCUT2D eigenvalue weighted by Gasteiger charge is 2.28. The molecule has 0 aliphatic heterocycles. The first kappa shape index (κ1) is 14.9. The van der Waals surface area contributed by atoms with E-state index < -0.39 is 9.84 Å². The molecule has 1 saturated carbocycles. The van der Waals surface area contributed by atoms with Crippen molar-refractivity contribution in [3.8, 4) is 0 Å². The van der Waals surface area contributed by atoms with Crippen molar-refractivity contribution in [2.45, 2.75) is 29.5 Å². The first-order valence-electron chi connectivity index (χ1n) is 6.61. The summed E-state index contributed by atoms with van der Waals surface area (Å²) in [6.07, 6.45) is 2.35. The van der Waals surface area contributed by atoms with Crippen molar-refractivity contribution >= 4 is 31.5 Å². The minimum atomic E-state index is -3.16. The van der Waals surface area contributed by atoms with E-state index in [1.807, 2.05) is 19.2 Å². The number of hydrogen-bond acceptors (Lipinski definition) is 3. The van der Waals surface area contributed by atoms with Crippen molar-refractivity contribution in [2.24, 2.45) is 5.92 Å². The predicted molar refractivity (Wildman–Crippen MR) is 82.9 cm³/mol. The van der Waals surface area contributed by atoms with Crippen molar-refractivity contribution in [1.82, 2.24) is 0 Å². The number of benzene rings is 1. The maximum Gasteiger partial charge on any atom is 0.180 e. The predicted octanol–water partition coefficient (Wildman–Crippen LogP) is 3.09. The highest BCUT2D eigenvalue weighted by atomic mass is 79.9. The smallest absolute Gasteiger partial charge is 0.180 e. The van der Waals surface area contributed by atoms with Gasteiger partial charge >= 0.3 is 0 Å². The molecular weight excluding hydrogens is 326 g/mol. The lowest BCUT2D eigenvalue weighted by molar-refractivity contribution is 0.339. The van der Waals surface area contributed by atoms with E-state index in [0.717, 1.165) is 12.2 Å². The Balaban J connectivity index is 2.20. The first-order chi connectivity index (χ1) is 8.94. The summed E-state index contributed by atoms with van der Waals surface area (Å²) < 4.78 is 24.2. The third kappa shape index (κ3) is 3.31. The third-order valence-electron chi connectivity index (χ3n) is 3.70. The molecule has 3 nitrogen and oxygen atoms in total. The summed E-state index contributed by atoms with van der Waals surface area (Å²) in [5.41, 5.74) is 0.822. The molecule has 106 valence electrons. The van der Waals surface area contributed by atoms with E-state index >= 15 is 0 Å². The molecule has 19 heavy (non-hydrogen) atoms. The standard InChI is InChI=1S/C14H20BrNO2S/c1-3-19(17,18)14-7-5-4-6-13(14)16(2)10-11-8-12(15)9-11/h4-7,11-12H,3,8-10H2,1-2H3. The van der Waals surface area contributed by atoms with E-state index in [4.69, 9.17) is 0 Å². The molecule has 0 radical (unpaired) electrons. The van der Waals surface area contributed by atoms with Crippen LogP contribution in [-0.4, -0.2) is 32.6 Å². The van der Waals surface area contributed by atoms with Gasteiger partial charge in [-0.2, -0.15) is 0 Å². The molecule has 1 aliphatic rings. The Kier molecular flexibility index (Phi) is 4.56. The average Bonchev–Trinajstić information content (AvgIpc) is 2.37. The van der Waals surface area contributed by atoms with Gasteiger partial charge in [-0.15, -0.1) is 0 Å². The second-order valence-corrected chi connectivity index (χ2v) is 8.73. The van der Waals surface area contributed by atoms with Crippen LogP contribution in [0.15, 0.2) is 29.2 Å². The third-order valence-corrected chi connectivity index (χ3v) is 6.22. The molecular formula is C14H20BrNO2S. The minimum absolute atomic E-state index is 0.144. The van der Waals surface area contributed by atoms with Gasteiger partial charge < -0.3 is 4.90 Å². The quantitative estimate of drug-likeness (QED) is 0.769. The average molecular weight is 346 g/mol. The van der Waals surface area contributed by atoms with Gasteiger partial charge in [0.05, 0.1) is 16.3 Å². The van der Waals surface area contributed by atoms with E-state index in [1.165, 1.54) is 12.8 Å². The number of alkyl halides is 1. The summed E-state index contributed by atoms with van der Waals surface area (Å²) in [5.74, 6) is 0.803. The van der Waals surface area contributed by atoms with Crippen LogP contribution in [0.4, 0.5) is 5.69 Å². The highest BCUT2D eigenvalue weighted by Crippen LogP contribution is 2.35. The lowest BCUT2D eigenvalue weighted by Gasteiger charge is -2.35. The molecule has 0 atom stereocenters. The van der Waals surface area contributed by atoms with E-state index in [1.54, 1.807) is 19.1 Å². The molecule has 0 spiro atoms. The molecule has 1 fully saturated rings. The second-order valence-electron chi connectivity index (χ2n) is 5.19. The first-order valence-corrected chi connectivity index (χ1v) is 9.18. The number of para-hydroxylation sites is 1. The SMILES string of the molecule is CCS(=O)(=O)c1ccccc1N(C)CC1CC(Br)C1. The second kappa shape index (κ2) is 5.83. The molecule has 1 aromatic carbocycles. The number of halogens is 1. The highest BCUT2D eigenvalue weighted by molar-refractivity contribution is 9.09. The Morgan fingerprint density at radius 2 is 1.95 bits per heavy atom. The van der Waals surface area contributed by atoms with Crippen LogP contribution in [0, 0.1) is 5.92 Å². The van der Waals surface area contributed by atoms with Crippen molar-refractivity contribution in [3.63, 3.8) is 0 Å². The van der Waals surface area contributed by atoms with Crippen LogP contribution in [0.5, 0.6) is 0 Å². The van der Waals surface area contributed by atoms with E-state index in [0.29, 0.717) is 15.6 Å². The van der Waals surface area contributed by atoms with Crippen molar-refractivity contribution in [3.05, 3.63) is 24.3 Å². The lowest BCUT2D eigenvalue weighted by Crippen LogP contribution is -2.35. The Hall–Kier alpha value is -0.550. The van der Waals surface area contributed by atoms with Crippen LogP contribution < -0.4 is 4.90 Å². The summed E-state index contributed by atoms with van der Waals surface area (Å²) >= 11 is 3.59. The molecule has 1 aromatic rings. The molecule has 0 saturated heterocycles. The van der Waals surface area contributed by atoms with Crippen LogP contribution in [0.1, 0.15) is 19.8 Å². The lowest BCUT2D eigenvalue weighted by atomic mass is 9.85. The van der Waals surface area contributed by atoms with Crippen LogP contribution >= 0.6 is 15.9 Å². The van der Waals surface area contributed by atoms with Gasteiger partial charge in [0.1, 0.15) is 0 Å². The van der Waals surface area contributed by atoms with Gasteiger partial charge in [0.2, 0.25) is 0 Å². The summed E-state index contributed by atoms with van der Waals surface area (Å²) in [7, 11) is -1.18. The molecule has 0 aromatic heterocycles. The fourth-order valence-corrected chi connectivity index (χ4v) is 4.68. The van der Waals surface area contributed by atoms with Gasteiger partial charge in [0, 0.05) is 18.4 Å². The topological polar surface area (TPSA) is 37.4 Å². The number of anilines is 1. The summed E-state index contributed by atoms with van der Waals surface area (Å²) in [6.45, 7) is 2.60. The molecule has 0 unspecified atom stereocenters. The minimum Gasteiger partial charge on any atom is -0.373 e. The Morgan fingerprint density at radius 1 is 1.32 bits per heavy atom. The van der Waals surface area contributed by atoms with Crippen molar-refractivity contribution < 1.29 is 8.42 Å². The molecule has 0 amide bonds. The maximum absolute atomic E-state index is 12.1.